The van der Waals surface area contributed by atoms with Crippen LogP contribution in [0.2, 0.25) is 0 Å². The minimum absolute atomic E-state index is 0.132. The number of rotatable bonds is 3. The maximum Gasteiger partial charge on any atom is 0.146 e. The summed E-state index contributed by atoms with van der Waals surface area (Å²) in [6, 6.07) is 1.68. The number of aliphatic hydroxyl groups is 1. The third-order valence-electron chi connectivity index (χ3n) is 1.51. The molecule has 4 nitrogen and oxygen atoms in total. The number of aliphatic hydroxyl groups excluding tert-OH is 1. The van der Waals surface area contributed by atoms with Crippen molar-refractivity contribution < 1.29 is 14.6 Å². The molecule has 1 N–H and O–H groups in total. The summed E-state index contributed by atoms with van der Waals surface area (Å²) >= 11 is 0. The number of pyridine rings is 1. The fourth-order valence-electron chi connectivity index (χ4n) is 0.862. The fourth-order valence-corrected chi connectivity index (χ4v) is 0.862. The summed E-state index contributed by atoms with van der Waals surface area (Å²) in [5.74, 6) is 1.15. The maximum atomic E-state index is 8.83. The van der Waals surface area contributed by atoms with Gasteiger partial charge in [0.15, 0.2) is 0 Å². The molecule has 66 valence electrons. The van der Waals surface area contributed by atoms with E-state index in [2.05, 4.69) is 4.98 Å². The van der Waals surface area contributed by atoms with Gasteiger partial charge in [0, 0.05) is 6.07 Å². The topological polar surface area (TPSA) is 51.6 Å². The lowest BCUT2D eigenvalue weighted by atomic mass is 10.3. The predicted molar refractivity (Wildman–Crippen MR) is 43.3 cm³/mol. The normalized spacial score (nSPS) is 9.58. The number of hydrogen-bond acceptors (Lipinski definition) is 4. The van der Waals surface area contributed by atoms with Crippen molar-refractivity contribution >= 4 is 0 Å². The Bertz CT molecular complexity index is 262. The number of hydrogen-bond donors (Lipinski definition) is 1. The van der Waals surface area contributed by atoms with Crippen LogP contribution in [-0.4, -0.2) is 24.3 Å². The van der Waals surface area contributed by atoms with E-state index in [1.54, 1.807) is 13.2 Å². The molecule has 0 fully saturated rings. The summed E-state index contributed by atoms with van der Waals surface area (Å²) in [7, 11) is 3.07. The third-order valence-corrected chi connectivity index (χ3v) is 1.51. The maximum absolute atomic E-state index is 8.83. The molecule has 0 spiro atoms. The smallest absolute Gasteiger partial charge is 0.146 e. The highest BCUT2D eigenvalue weighted by atomic mass is 16.5. The zero-order valence-electron chi connectivity index (χ0n) is 7.07. The SMILES string of the molecule is COc1cnc(CO)c(OC)c1. The van der Waals surface area contributed by atoms with Crippen molar-refractivity contribution in [2.45, 2.75) is 6.61 Å². The van der Waals surface area contributed by atoms with Gasteiger partial charge in [-0.15, -0.1) is 0 Å². The predicted octanol–water partition coefficient (Wildman–Crippen LogP) is 0.591. The van der Waals surface area contributed by atoms with Gasteiger partial charge < -0.3 is 14.6 Å². The minimum atomic E-state index is -0.132. The van der Waals surface area contributed by atoms with Gasteiger partial charge in [0.05, 0.1) is 27.0 Å². The number of ether oxygens (including phenoxy) is 2. The van der Waals surface area contributed by atoms with Gasteiger partial charge in [-0.25, -0.2) is 0 Å². The molecular formula is C8H11NO3. The van der Waals surface area contributed by atoms with Gasteiger partial charge in [-0.05, 0) is 0 Å². The molecule has 0 atom stereocenters. The average Bonchev–Trinajstić information content (AvgIpc) is 2.16. The van der Waals surface area contributed by atoms with Gasteiger partial charge >= 0.3 is 0 Å². The van der Waals surface area contributed by atoms with Gasteiger partial charge in [-0.2, -0.15) is 0 Å². The molecule has 0 bridgehead atoms. The quantitative estimate of drug-likeness (QED) is 0.719. The molecule has 0 aliphatic carbocycles. The molecule has 0 aliphatic rings. The molecule has 1 aromatic rings. The number of aromatic nitrogens is 1. The Hall–Kier alpha value is -1.29. The average molecular weight is 169 g/mol. The van der Waals surface area contributed by atoms with Crippen LogP contribution in [0.3, 0.4) is 0 Å². The largest absolute Gasteiger partial charge is 0.495 e. The van der Waals surface area contributed by atoms with Gasteiger partial charge in [-0.3, -0.25) is 4.98 Å². The second-order valence-corrected chi connectivity index (χ2v) is 2.18. The summed E-state index contributed by atoms with van der Waals surface area (Å²) in [4.78, 5) is 3.94. The molecule has 0 aliphatic heterocycles. The highest BCUT2D eigenvalue weighted by molar-refractivity contribution is 5.34. The first-order valence-electron chi connectivity index (χ1n) is 3.49. The van der Waals surface area contributed by atoms with E-state index in [0.717, 1.165) is 0 Å². The molecule has 1 heterocycles. The highest BCUT2D eigenvalue weighted by Gasteiger charge is 2.04. The van der Waals surface area contributed by atoms with Crippen molar-refractivity contribution in [3.63, 3.8) is 0 Å². The Morgan fingerprint density at radius 1 is 1.42 bits per heavy atom. The van der Waals surface area contributed by atoms with Crippen molar-refractivity contribution in [3.05, 3.63) is 18.0 Å². The van der Waals surface area contributed by atoms with E-state index in [-0.39, 0.29) is 6.61 Å². The van der Waals surface area contributed by atoms with Crippen LogP contribution in [0.5, 0.6) is 11.5 Å². The first-order chi connectivity index (χ1) is 5.81. The van der Waals surface area contributed by atoms with Crippen LogP contribution >= 0.6 is 0 Å². The summed E-state index contributed by atoms with van der Waals surface area (Å²) in [6.07, 6.45) is 1.54. The van der Waals surface area contributed by atoms with E-state index < -0.39 is 0 Å². The zero-order valence-corrected chi connectivity index (χ0v) is 7.07. The molecule has 4 heteroatoms. The van der Waals surface area contributed by atoms with Crippen LogP contribution in [0.25, 0.3) is 0 Å². The van der Waals surface area contributed by atoms with Gasteiger partial charge in [0.1, 0.15) is 17.2 Å². The second-order valence-electron chi connectivity index (χ2n) is 2.18. The molecule has 0 unspecified atom stereocenters. The summed E-state index contributed by atoms with van der Waals surface area (Å²) in [5.41, 5.74) is 0.512. The molecular weight excluding hydrogens is 158 g/mol. The lowest BCUT2D eigenvalue weighted by Crippen LogP contribution is -1.96. The van der Waals surface area contributed by atoms with Crippen molar-refractivity contribution in [3.8, 4) is 11.5 Å². The van der Waals surface area contributed by atoms with Crippen LogP contribution in [0.4, 0.5) is 0 Å². The first-order valence-corrected chi connectivity index (χ1v) is 3.49. The van der Waals surface area contributed by atoms with Crippen LogP contribution in [0.1, 0.15) is 5.69 Å². The lowest BCUT2D eigenvalue weighted by Gasteiger charge is -2.06. The Morgan fingerprint density at radius 3 is 2.67 bits per heavy atom. The molecule has 0 amide bonds. The molecule has 0 radical (unpaired) electrons. The molecule has 0 aromatic carbocycles. The van der Waals surface area contributed by atoms with Gasteiger partial charge in [0.2, 0.25) is 0 Å². The molecule has 12 heavy (non-hydrogen) atoms. The minimum Gasteiger partial charge on any atom is -0.495 e. The van der Waals surface area contributed by atoms with E-state index in [1.807, 2.05) is 0 Å². The van der Waals surface area contributed by atoms with E-state index in [0.29, 0.717) is 17.2 Å². The van der Waals surface area contributed by atoms with Crippen LogP contribution in [0.15, 0.2) is 12.3 Å². The van der Waals surface area contributed by atoms with Crippen LogP contribution in [-0.2, 0) is 6.61 Å². The summed E-state index contributed by atoms with van der Waals surface area (Å²) in [5, 5.41) is 8.83. The zero-order chi connectivity index (χ0) is 8.97. The van der Waals surface area contributed by atoms with Crippen molar-refractivity contribution in [1.82, 2.24) is 4.98 Å². The van der Waals surface area contributed by atoms with Gasteiger partial charge in [-0.1, -0.05) is 0 Å². The van der Waals surface area contributed by atoms with Crippen molar-refractivity contribution in [2.75, 3.05) is 14.2 Å². The summed E-state index contributed by atoms with van der Waals surface area (Å²) < 4.78 is 9.91. The van der Waals surface area contributed by atoms with Gasteiger partial charge in [0.25, 0.3) is 0 Å². The Morgan fingerprint density at radius 2 is 2.17 bits per heavy atom. The van der Waals surface area contributed by atoms with E-state index in [4.69, 9.17) is 14.6 Å². The van der Waals surface area contributed by atoms with E-state index in [9.17, 15) is 0 Å². The molecule has 1 aromatic heterocycles. The summed E-state index contributed by atoms with van der Waals surface area (Å²) in [6.45, 7) is -0.132. The van der Waals surface area contributed by atoms with Crippen LogP contribution < -0.4 is 9.47 Å². The lowest BCUT2D eigenvalue weighted by molar-refractivity contribution is 0.267. The number of methoxy groups -OCH3 is 2. The fraction of sp³-hybridized carbons (Fsp3) is 0.375. The Labute approximate surface area is 70.8 Å². The molecule has 0 saturated heterocycles. The Kier molecular flexibility index (Phi) is 2.88. The standard InChI is InChI=1S/C8H11NO3/c1-11-6-3-8(12-2)7(5-10)9-4-6/h3-4,10H,5H2,1-2H3. The first kappa shape index (κ1) is 8.80. The van der Waals surface area contributed by atoms with Crippen molar-refractivity contribution in [2.24, 2.45) is 0 Å². The molecule has 1 rings (SSSR count). The number of nitrogens with zero attached hydrogens (tertiary/aromatic N) is 1. The second kappa shape index (κ2) is 3.92. The third kappa shape index (κ3) is 1.65. The Balaban J connectivity index is 3.02. The monoisotopic (exact) mass is 169 g/mol. The highest BCUT2D eigenvalue weighted by Crippen LogP contribution is 2.21. The van der Waals surface area contributed by atoms with Crippen molar-refractivity contribution in [1.29, 1.82) is 0 Å². The van der Waals surface area contributed by atoms with Crippen LogP contribution in [0, 0.1) is 0 Å². The van der Waals surface area contributed by atoms with E-state index >= 15 is 0 Å². The van der Waals surface area contributed by atoms with E-state index in [1.165, 1.54) is 13.3 Å². The molecule has 0 saturated carbocycles.